The normalized spacial score (nSPS) is 12.2. The van der Waals surface area contributed by atoms with Crippen molar-refractivity contribution >= 4 is 12.4 Å². The van der Waals surface area contributed by atoms with Gasteiger partial charge in [0.2, 0.25) is 0 Å². The molecule has 0 spiro atoms. The van der Waals surface area contributed by atoms with Crippen LogP contribution in [0.1, 0.15) is 25.8 Å². The fourth-order valence-corrected chi connectivity index (χ4v) is 1.20. The van der Waals surface area contributed by atoms with Crippen molar-refractivity contribution in [3.8, 4) is 5.75 Å². The summed E-state index contributed by atoms with van der Waals surface area (Å²) in [6.45, 7) is 9.71. The van der Waals surface area contributed by atoms with E-state index >= 15 is 0 Å². The van der Waals surface area contributed by atoms with Crippen LogP contribution in [-0.4, -0.2) is 12.8 Å². The highest BCUT2D eigenvalue weighted by Crippen LogP contribution is 2.31. The van der Waals surface area contributed by atoms with Gasteiger partial charge in [0.25, 0.3) is 0 Å². The molecule has 14 heavy (non-hydrogen) atoms. The molecule has 0 heterocycles. The molecule has 0 amide bonds. The van der Waals surface area contributed by atoms with E-state index in [4.69, 9.17) is 4.74 Å². The molecule has 0 unspecified atom stereocenters. The van der Waals surface area contributed by atoms with Crippen molar-refractivity contribution in [3.05, 3.63) is 23.8 Å². The Morgan fingerprint density at radius 1 is 1.50 bits per heavy atom. The van der Waals surface area contributed by atoms with Crippen molar-refractivity contribution in [2.75, 3.05) is 0 Å². The predicted octanol–water partition coefficient (Wildman–Crippen LogP) is 3.50. The number of para-hydroxylation sites is 1. The Kier molecular flexibility index (Phi) is 3.69. The van der Waals surface area contributed by atoms with Gasteiger partial charge in [-0.2, -0.15) is 0 Å². The topological polar surface area (TPSA) is 21.6 Å². The molecule has 0 bridgehead atoms. The summed E-state index contributed by atoms with van der Waals surface area (Å²) in [5.41, 5.74) is 1.93. The number of aliphatic imine (C=N–C) groups is 1. The number of nitrogens with zero attached hydrogens (tertiary/aromatic N) is 1. The second-order valence-corrected chi connectivity index (χ2v) is 3.42. The van der Waals surface area contributed by atoms with Crippen LogP contribution >= 0.6 is 0 Å². The minimum absolute atomic E-state index is 0.219. The first-order chi connectivity index (χ1) is 6.69. The highest BCUT2D eigenvalue weighted by molar-refractivity contribution is 5.59. The summed E-state index contributed by atoms with van der Waals surface area (Å²) < 4.78 is 5.78. The monoisotopic (exact) mass is 191 g/mol. The first-order valence-electron chi connectivity index (χ1n) is 4.92. The van der Waals surface area contributed by atoms with E-state index in [1.807, 2.05) is 25.1 Å². The molecule has 0 N–H and O–H groups in total. The molecule has 0 saturated heterocycles. The second kappa shape index (κ2) is 4.80. The molecule has 76 valence electrons. The lowest BCUT2D eigenvalue weighted by Gasteiger charge is -2.16. The molecule has 2 heteroatoms. The van der Waals surface area contributed by atoms with Crippen molar-refractivity contribution < 1.29 is 4.74 Å². The number of ether oxygens (including phenoxy) is 1. The lowest BCUT2D eigenvalue weighted by atomic mass is 10.2. The number of hydrogen-bond acceptors (Lipinski definition) is 2. The van der Waals surface area contributed by atoms with E-state index in [1.54, 1.807) is 0 Å². The third-order valence-corrected chi connectivity index (χ3v) is 2.26. The Labute approximate surface area is 85.6 Å². The van der Waals surface area contributed by atoms with E-state index in [2.05, 4.69) is 25.6 Å². The first kappa shape index (κ1) is 10.8. The van der Waals surface area contributed by atoms with Gasteiger partial charge in [-0.3, -0.25) is 4.99 Å². The fraction of sp³-hybridized carbons (Fsp3) is 0.417. The van der Waals surface area contributed by atoms with Crippen LogP contribution in [0.2, 0.25) is 0 Å². The molecule has 1 rings (SSSR count). The van der Waals surface area contributed by atoms with Gasteiger partial charge in [-0.25, -0.2) is 0 Å². The van der Waals surface area contributed by atoms with Gasteiger partial charge in [0.1, 0.15) is 11.4 Å². The molecule has 0 aliphatic heterocycles. The Balaban J connectivity index is 2.98. The van der Waals surface area contributed by atoms with Crippen LogP contribution in [-0.2, 0) is 0 Å². The second-order valence-electron chi connectivity index (χ2n) is 3.42. The van der Waals surface area contributed by atoms with Crippen molar-refractivity contribution in [2.24, 2.45) is 4.99 Å². The Morgan fingerprint density at radius 2 is 2.21 bits per heavy atom. The van der Waals surface area contributed by atoms with Crippen LogP contribution in [0.25, 0.3) is 0 Å². The summed E-state index contributed by atoms with van der Waals surface area (Å²) in [6, 6.07) is 5.90. The van der Waals surface area contributed by atoms with Crippen LogP contribution in [0, 0.1) is 6.92 Å². The third-order valence-electron chi connectivity index (χ3n) is 2.26. The van der Waals surface area contributed by atoms with E-state index in [0.717, 1.165) is 23.4 Å². The van der Waals surface area contributed by atoms with Crippen molar-refractivity contribution in [1.29, 1.82) is 0 Å². The molecular formula is C12H17NO. The Bertz CT molecular complexity index is 320. The lowest BCUT2D eigenvalue weighted by Crippen LogP contribution is -2.10. The van der Waals surface area contributed by atoms with Crippen molar-refractivity contribution in [1.82, 2.24) is 0 Å². The molecular weight excluding hydrogens is 174 g/mol. The van der Waals surface area contributed by atoms with Gasteiger partial charge in [-0.05, 0) is 38.6 Å². The van der Waals surface area contributed by atoms with Crippen LogP contribution in [0.15, 0.2) is 23.2 Å². The van der Waals surface area contributed by atoms with E-state index in [1.165, 1.54) is 0 Å². The minimum Gasteiger partial charge on any atom is -0.488 e. The maximum atomic E-state index is 5.78. The van der Waals surface area contributed by atoms with Crippen molar-refractivity contribution in [3.63, 3.8) is 0 Å². The summed E-state index contributed by atoms with van der Waals surface area (Å²) >= 11 is 0. The molecule has 1 aromatic carbocycles. The highest BCUT2D eigenvalue weighted by Gasteiger charge is 2.08. The molecule has 1 atom stereocenters. The molecule has 2 nitrogen and oxygen atoms in total. The van der Waals surface area contributed by atoms with E-state index in [0.29, 0.717) is 0 Å². The largest absolute Gasteiger partial charge is 0.488 e. The zero-order valence-electron chi connectivity index (χ0n) is 9.08. The van der Waals surface area contributed by atoms with Crippen molar-refractivity contribution in [2.45, 2.75) is 33.3 Å². The molecule has 0 radical (unpaired) electrons. The molecule has 1 aromatic rings. The fourth-order valence-electron chi connectivity index (χ4n) is 1.20. The van der Waals surface area contributed by atoms with Gasteiger partial charge in [-0.1, -0.05) is 19.1 Å². The average molecular weight is 191 g/mol. The third kappa shape index (κ3) is 2.34. The maximum Gasteiger partial charge on any atom is 0.148 e. The van der Waals surface area contributed by atoms with E-state index in [-0.39, 0.29) is 6.10 Å². The smallest absolute Gasteiger partial charge is 0.148 e. The number of hydrogen-bond donors (Lipinski definition) is 0. The number of rotatable bonds is 4. The summed E-state index contributed by atoms with van der Waals surface area (Å²) in [5.74, 6) is 0.858. The van der Waals surface area contributed by atoms with Gasteiger partial charge in [0.05, 0.1) is 6.10 Å². The molecule has 0 saturated carbocycles. The SMILES string of the molecule is C=Nc1cccc(C)c1O[C@H](C)CC. The summed E-state index contributed by atoms with van der Waals surface area (Å²) in [6.07, 6.45) is 1.21. The Morgan fingerprint density at radius 3 is 2.79 bits per heavy atom. The molecule has 0 aromatic heterocycles. The van der Waals surface area contributed by atoms with Crippen LogP contribution in [0.4, 0.5) is 5.69 Å². The minimum atomic E-state index is 0.219. The van der Waals surface area contributed by atoms with Crippen LogP contribution in [0.3, 0.4) is 0 Å². The summed E-state index contributed by atoms with van der Waals surface area (Å²) in [5, 5.41) is 0. The van der Waals surface area contributed by atoms with Gasteiger partial charge < -0.3 is 4.74 Å². The zero-order valence-corrected chi connectivity index (χ0v) is 9.08. The molecule has 0 fully saturated rings. The van der Waals surface area contributed by atoms with Gasteiger partial charge >= 0.3 is 0 Å². The first-order valence-corrected chi connectivity index (χ1v) is 4.92. The average Bonchev–Trinajstić information content (AvgIpc) is 2.20. The van der Waals surface area contributed by atoms with E-state index < -0.39 is 0 Å². The summed E-state index contributed by atoms with van der Waals surface area (Å²) in [7, 11) is 0. The zero-order chi connectivity index (χ0) is 10.6. The van der Waals surface area contributed by atoms with Gasteiger partial charge in [0.15, 0.2) is 0 Å². The molecule has 0 aliphatic carbocycles. The maximum absolute atomic E-state index is 5.78. The Hall–Kier alpha value is -1.31. The highest BCUT2D eigenvalue weighted by atomic mass is 16.5. The lowest BCUT2D eigenvalue weighted by molar-refractivity contribution is 0.217. The predicted molar refractivity (Wildman–Crippen MR) is 60.8 cm³/mol. The molecule has 0 aliphatic rings. The number of benzene rings is 1. The standard InChI is InChI=1S/C12H17NO/c1-5-10(3)14-12-9(2)7-6-8-11(12)13-4/h6-8,10H,4-5H2,1-3H3/t10-/m1/s1. The van der Waals surface area contributed by atoms with Gasteiger partial charge in [0, 0.05) is 0 Å². The van der Waals surface area contributed by atoms with Gasteiger partial charge in [-0.15, -0.1) is 0 Å². The van der Waals surface area contributed by atoms with E-state index in [9.17, 15) is 0 Å². The number of aryl methyl sites for hydroxylation is 1. The van der Waals surface area contributed by atoms with Crippen LogP contribution in [0.5, 0.6) is 5.75 Å². The van der Waals surface area contributed by atoms with Crippen LogP contribution < -0.4 is 4.74 Å². The quantitative estimate of drug-likeness (QED) is 0.667. The summed E-state index contributed by atoms with van der Waals surface area (Å²) in [4.78, 5) is 3.94.